The highest BCUT2D eigenvalue weighted by Crippen LogP contribution is 2.17. The number of likely N-dealkylation sites (N-methyl/N-ethyl adjacent to an activating group) is 1. The van der Waals surface area contributed by atoms with Crippen LogP contribution in [0.25, 0.3) is 0 Å². The van der Waals surface area contributed by atoms with Crippen molar-refractivity contribution in [1.82, 2.24) is 20.2 Å². The number of nitrogens with two attached hydrogens (primary N) is 1. The van der Waals surface area contributed by atoms with Gasteiger partial charge >= 0.3 is 5.97 Å². The van der Waals surface area contributed by atoms with Crippen molar-refractivity contribution in [3.8, 4) is 0 Å². The van der Waals surface area contributed by atoms with Crippen molar-refractivity contribution in [1.29, 1.82) is 0 Å². The van der Waals surface area contributed by atoms with E-state index in [4.69, 9.17) is 10.8 Å². The van der Waals surface area contributed by atoms with Crippen LogP contribution in [0.5, 0.6) is 0 Å². The first kappa shape index (κ1) is 16.2. The third-order valence-electron chi connectivity index (χ3n) is 3.76. The zero-order chi connectivity index (χ0) is 16.4. The van der Waals surface area contributed by atoms with E-state index in [9.17, 15) is 9.59 Å². The first-order valence-electron chi connectivity index (χ1n) is 7.16. The van der Waals surface area contributed by atoms with Gasteiger partial charge in [-0.1, -0.05) is 13.8 Å². The number of anilines is 1. The van der Waals surface area contributed by atoms with Gasteiger partial charge in [-0.3, -0.25) is 14.5 Å². The summed E-state index contributed by atoms with van der Waals surface area (Å²) in [5.74, 6) is -1.05. The second-order valence-electron chi connectivity index (χ2n) is 5.89. The van der Waals surface area contributed by atoms with Gasteiger partial charge in [0.1, 0.15) is 11.7 Å². The van der Waals surface area contributed by atoms with Gasteiger partial charge in [-0.05, 0) is 25.5 Å². The van der Waals surface area contributed by atoms with E-state index < -0.39 is 12.0 Å². The summed E-state index contributed by atoms with van der Waals surface area (Å²) in [5, 5.41) is 11.9. The Hall–Kier alpha value is -2.22. The van der Waals surface area contributed by atoms with Gasteiger partial charge in [0, 0.05) is 18.3 Å². The standard InChI is InChI=1S/C14H21N5O3/c1-7(2)9-5-10(18-14(15)17-9)12(20)16-8-4-11(13(21)22)19(3)6-8/h5,7-8,11H,4,6H2,1-3H3,(H,16,20)(H,21,22)(H2,15,17,18)/t8-,11-/m0/s1. The summed E-state index contributed by atoms with van der Waals surface area (Å²) in [5.41, 5.74) is 6.54. The SMILES string of the molecule is CC(C)c1cc(C(=O)N[C@H]2C[C@@H](C(=O)O)N(C)C2)nc(N)n1. The number of carbonyl (C=O) groups excluding carboxylic acids is 1. The second kappa shape index (κ2) is 6.27. The lowest BCUT2D eigenvalue weighted by molar-refractivity contribution is -0.141. The smallest absolute Gasteiger partial charge is 0.320 e. The summed E-state index contributed by atoms with van der Waals surface area (Å²) in [6.45, 7) is 4.39. The van der Waals surface area contributed by atoms with Gasteiger partial charge in [0.2, 0.25) is 5.95 Å². The summed E-state index contributed by atoms with van der Waals surface area (Å²) in [6.07, 6.45) is 0.370. The van der Waals surface area contributed by atoms with Gasteiger partial charge in [0.15, 0.2) is 0 Å². The molecule has 8 heteroatoms. The van der Waals surface area contributed by atoms with E-state index in [0.717, 1.165) is 0 Å². The Morgan fingerprint density at radius 3 is 2.68 bits per heavy atom. The van der Waals surface area contributed by atoms with Crippen molar-refractivity contribution < 1.29 is 14.7 Å². The number of nitrogens with zero attached hydrogens (tertiary/aromatic N) is 3. The Bertz CT molecular complexity index is 590. The number of hydrogen-bond donors (Lipinski definition) is 3. The Labute approximate surface area is 128 Å². The average molecular weight is 307 g/mol. The quantitative estimate of drug-likeness (QED) is 0.719. The van der Waals surface area contributed by atoms with Crippen LogP contribution in [0.3, 0.4) is 0 Å². The minimum Gasteiger partial charge on any atom is -0.480 e. The molecule has 2 rings (SSSR count). The molecular formula is C14H21N5O3. The van der Waals surface area contributed by atoms with Crippen LogP contribution in [-0.4, -0.2) is 57.5 Å². The molecule has 1 amide bonds. The van der Waals surface area contributed by atoms with Gasteiger partial charge in [0.05, 0.1) is 0 Å². The number of carbonyl (C=O) groups is 2. The summed E-state index contributed by atoms with van der Waals surface area (Å²) in [4.78, 5) is 33.1. The lowest BCUT2D eigenvalue weighted by atomic mass is 10.1. The van der Waals surface area contributed by atoms with Crippen LogP contribution >= 0.6 is 0 Å². The van der Waals surface area contributed by atoms with E-state index in [-0.39, 0.29) is 29.5 Å². The largest absolute Gasteiger partial charge is 0.480 e. The number of amides is 1. The molecule has 4 N–H and O–H groups in total. The van der Waals surface area contributed by atoms with Crippen LogP contribution in [-0.2, 0) is 4.79 Å². The van der Waals surface area contributed by atoms with Gasteiger partial charge in [-0.15, -0.1) is 0 Å². The molecule has 0 unspecified atom stereocenters. The molecule has 1 fully saturated rings. The number of aromatic nitrogens is 2. The topological polar surface area (TPSA) is 121 Å². The summed E-state index contributed by atoms with van der Waals surface area (Å²) >= 11 is 0. The Balaban J connectivity index is 2.09. The van der Waals surface area contributed by atoms with Crippen LogP contribution in [0, 0.1) is 0 Å². The summed E-state index contributed by atoms with van der Waals surface area (Å²) in [7, 11) is 1.73. The Kier molecular flexibility index (Phi) is 4.60. The summed E-state index contributed by atoms with van der Waals surface area (Å²) < 4.78 is 0. The summed E-state index contributed by atoms with van der Waals surface area (Å²) in [6, 6.07) is 0.813. The van der Waals surface area contributed by atoms with Crippen LogP contribution < -0.4 is 11.1 Å². The Morgan fingerprint density at radius 2 is 2.14 bits per heavy atom. The maximum atomic E-state index is 12.3. The van der Waals surface area contributed by atoms with Crippen molar-refractivity contribution in [3.63, 3.8) is 0 Å². The number of nitrogen functional groups attached to an aromatic ring is 1. The molecule has 0 aliphatic carbocycles. The van der Waals surface area contributed by atoms with E-state index in [2.05, 4.69) is 15.3 Å². The third-order valence-corrected chi connectivity index (χ3v) is 3.76. The van der Waals surface area contributed by atoms with E-state index in [1.54, 1.807) is 18.0 Å². The minimum atomic E-state index is -0.882. The fourth-order valence-electron chi connectivity index (χ4n) is 2.55. The third kappa shape index (κ3) is 3.51. The van der Waals surface area contributed by atoms with Gasteiger partial charge in [-0.25, -0.2) is 9.97 Å². The highest BCUT2D eigenvalue weighted by atomic mass is 16.4. The number of carboxylic acids is 1. The molecule has 0 spiro atoms. The number of rotatable bonds is 4. The van der Waals surface area contributed by atoms with Crippen LogP contribution in [0.1, 0.15) is 42.4 Å². The minimum absolute atomic E-state index is 0.0586. The molecule has 0 aromatic carbocycles. The van der Waals surface area contributed by atoms with Crippen LogP contribution in [0.2, 0.25) is 0 Å². The molecule has 2 atom stereocenters. The second-order valence-corrected chi connectivity index (χ2v) is 5.89. The lowest BCUT2D eigenvalue weighted by Crippen LogP contribution is -2.37. The molecule has 1 saturated heterocycles. The van der Waals surface area contributed by atoms with Gasteiger partial charge in [-0.2, -0.15) is 0 Å². The van der Waals surface area contributed by atoms with Crippen LogP contribution in [0.4, 0.5) is 5.95 Å². The fourth-order valence-corrected chi connectivity index (χ4v) is 2.55. The molecule has 1 aliphatic heterocycles. The van der Waals surface area contributed by atoms with Gasteiger partial charge in [0.25, 0.3) is 5.91 Å². The molecule has 0 radical (unpaired) electrons. The number of aliphatic carboxylic acids is 1. The zero-order valence-electron chi connectivity index (χ0n) is 12.9. The number of carboxylic acid groups (broad SMARTS) is 1. The molecule has 1 aromatic rings. The first-order chi connectivity index (χ1) is 10.3. The Morgan fingerprint density at radius 1 is 1.45 bits per heavy atom. The highest BCUT2D eigenvalue weighted by molar-refractivity contribution is 5.93. The molecule has 8 nitrogen and oxygen atoms in total. The van der Waals surface area contributed by atoms with E-state index >= 15 is 0 Å². The van der Waals surface area contributed by atoms with E-state index in [1.165, 1.54) is 0 Å². The predicted molar refractivity (Wildman–Crippen MR) is 80.5 cm³/mol. The fraction of sp³-hybridized carbons (Fsp3) is 0.571. The van der Waals surface area contributed by atoms with Crippen molar-refractivity contribution in [2.45, 2.75) is 38.3 Å². The van der Waals surface area contributed by atoms with Gasteiger partial charge < -0.3 is 16.2 Å². The first-order valence-corrected chi connectivity index (χ1v) is 7.16. The molecule has 22 heavy (non-hydrogen) atoms. The number of nitrogens with one attached hydrogen (secondary N) is 1. The van der Waals surface area contributed by atoms with Crippen molar-refractivity contribution >= 4 is 17.8 Å². The molecule has 120 valence electrons. The molecule has 0 bridgehead atoms. The molecular weight excluding hydrogens is 286 g/mol. The monoisotopic (exact) mass is 307 g/mol. The molecule has 0 saturated carbocycles. The van der Waals surface area contributed by atoms with Crippen molar-refractivity contribution in [2.24, 2.45) is 0 Å². The van der Waals surface area contributed by atoms with Crippen molar-refractivity contribution in [3.05, 3.63) is 17.5 Å². The normalized spacial score (nSPS) is 22.0. The number of likely N-dealkylation sites (tertiary alicyclic amines) is 1. The number of hydrogen-bond acceptors (Lipinski definition) is 6. The maximum Gasteiger partial charge on any atom is 0.320 e. The molecule has 1 aromatic heterocycles. The highest BCUT2D eigenvalue weighted by Gasteiger charge is 2.35. The van der Waals surface area contributed by atoms with E-state index in [0.29, 0.717) is 18.7 Å². The lowest BCUT2D eigenvalue weighted by Gasteiger charge is -2.14. The van der Waals surface area contributed by atoms with Crippen molar-refractivity contribution in [2.75, 3.05) is 19.3 Å². The maximum absolute atomic E-state index is 12.3. The average Bonchev–Trinajstić information content (AvgIpc) is 2.78. The predicted octanol–water partition coefficient (Wildman–Crippen LogP) is 0.0693. The molecule has 1 aliphatic rings. The zero-order valence-corrected chi connectivity index (χ0v) is 12.9. The van der Waals surface area contributed by atoms with E-state index in [1.807, 2.05) is 13.8 Å². The van der Waals surface area contributed by atoms with Crippen LogP contribution in [0.15, 0.2) is 6.07 Å². The molecule has 2 heterocycles.